The lowest BCUT2D eigenvalue weighted by molar-refractivity contribution is 0.669. The van der Waals surface area contributed by atoms with E-state index in [1.165, 1.54) is 58.7 Å². The summed E-state index contributed by atoms with van der Waals surface area (Å²) in [5, 5.41) is 7.28. The Morgan fingerprint density at radius 2 is 1.00 bits per heavy atom. The van der Waals surface area contributed by atoms with Crippen LogP contribution in [0.25, 0.3) is 91.9 Å². The highest BCUT2D eigenvalue weighted by molar-refractivity contribution is 7.27. The van der Waals surface area contributed by atoms with E-state index in [9.17, 15) is 0 Å². The van der Waals surface area contributed by atoms with Crippen molar-refractivity contribution < 1.29 is 4.42 Å². The highest BCUT2D eigenvalue weighted by atomic mass is 32.1. The molecular weight excluding hydrogens is 725 g/mol. The monoisotopic (exact) mass is 758 g/mol. The molecule has 12 aromatic rings. The molecule has 0 radical (unpaired) electrons. The van der Waals surface area contributed by atoms with Crippen molar-refractivity contribution in [3.05, 3.63) is 206 Å². The Bertz CT molecular complexity index is 3500. The summed E-state index contributed by atoms with van der Waals surface area (Å²) in [6.07, 6.45) is 0. The third kappa shape index (κ3) is 5.12. The van der Waals surface area contributed by atoms with Gasteiger partial charge >= 0.3 is 0 Å². The zero-order valence-corrected chi connectivity index (χ0v) is 32.2. The highest BCUT2D eigenvalue weighted by Gasteiger charge is 2.21. The normalized spacial score (nSPS) is 11.8. The molecular formula is C54H34N2OS. The number of rotatable bonds is 6. The molecule has 0 fully saturated rings. The van der Waals surface area contributed by atoms with E-state index in [0.717, 1.165) is 50.3 Å². The molecule has 0 spiro atoms. The fourth-order valence-corrected chi connectivity index (χ4v) is 10.3. The molecule has 0 unspecified atom stereocenters. The second kappa shape index (κ2) is 13.1. The van der Waals surface area contributed by atoms with Crippen molar-refractivity contribution in [2.75, 3.05) is 4.90 Å². The Labute approximate surface area is 338 Å². The van der Waals surface area contributed by atoms with Crippen molar-refractivity contribution in [2.45, 2.75) is 0 Å². The number of fused-ring (bicyclic) bond motifs is 9. The van der Waals surface area contributed by atoms with Gasteiger partial charge in [-0.25, -0.2) is 0 Å². The Balaban J connectivity index is 1.03. The van der Waals surface area contributed by atoms with Gasteiger partial charge in [-0.1, -0.05) is 140 Å². The topological polar surface area (TPSA) is 21.3 Å². The number of furan rings is 1. The lowest BCUT2D eigenvalue weighted by Crippen LogP contribution is -2.10. The molecule has 9 aromatic carbocycles. The first-order chi connectivity index (χ1) is 28.8. The summed E-state index contributed by atoms with van der Waals surface area (Å²) >= 11 is 1.87. The van der Waals surface area contributed by atoms with Gasteiger partial charge in [-0.3, -0.25) is 0 Å². The first-order valence-corrected chi connectivity index (χ1v) is 20.5. The second-order valence-electron chi connectivity index (χ2n) is 14.9. The minimum atomic E-state index is 0.873. The van der Waals surface area contributed by atoms with Gasteiger partial charge in [0.2, 0.25) is 0 Å². The fraction of sp³-hybridized carbons (Fsp3) is 0. The van der Waals surface area contributed by atoms with Gasteiger partial charge in [0.25, 0.3) is 0 Å². The number of benzene rings is 9. The first kappa shape index (κ1) is 32.8. The molecule has 0 aliphatic heterocycles. The van der Waals surface area contributed by atoms with Crippen LogP contribution in [0.4, 0.5) is 17.1 Å². The lowest BCUT2D eigenvalue weighted by atomic mass is 10.0. The average molecular weight is 759 g/mol. The number of aromatic nitrogens is 1. The number of hydrogen-bond donors (Lipinski definition) is 0. The highest BCUT2D eigenvalue weighted by Crippen LogP contribution is 2.48. The summed E-state index contributed by atoms with van der Waals surface area (Å²) in [7, 11) is 0. The average Bonchev–Trinajstić information content (AvgIpc) is 3.97. The summed E-state index contributed by atoms with van der Waals surface area (Å²) in [6, 6.07) is 74.3. The van der Waals surface area contributed by atoms with E-state index in [2.05, 4.69) is 204 Å². The van der Waals surface area contributed by atoms with Gasteiger partial charge in [-0.15, -0.1) is 11.3 Å². The van der Waals surface area contributed by atoms with Crippen LogP contribution in [0.15, 0.2) is 211 Å². The Kier molecular flexibility index (Phi) is 7.40. The number of thiophene rings is 1. The SMILES string of the molecule is c1ccc(-c2cccc3c2sc2c(N(c4ccc(-c5ccc6c7ccccc7n(-c7ccccc7)c6c5)cc4)c4ccc5c(c4)oc4ccccc45)cccc23)cc1. The van der Waals surface area contributed by atoms with E-state index in [4.69, 9.17) is 4.42 Å². The van der Waals surface area contributed by atoms with Crippen LogP contribution in [-0.4, -0.2) is 4.57 Å². The molecule has 0 saturated heterocycles. The van der Waals surface area contributed by atoms with Crippen LogP contribution >= 0.6 is 11.3 Å². The van der Waals surface area contributed by atoms with Crippen LogP contribution < -0.4 is 4.90 Å². The van der Waals surface area contributed by atoms with Gasteiger partial charge in [0.05, 0.1) is 21.4 Å². The van der Waals surface area contributed by atoms with Crippen molar-refractivity contribution in [2.24, 2.45) is 0 Å². The number of hydrogen-bond acceptors (Lipinski definition) is 3. The van der Waals surface area contributed by atoms with Crippen molar-refractivity contribution in [1.82, 2.24) is 4.57 Å². The largest absolute Gasteiger partial charge is 0.456 e. The van der Waals surface area contributed by atoms with Crippen molar-refractivity contribution in [3.8, 4) is 27.9 Å². The predicted molar refractivity (Wildman–Crippen MR) is 247 cm³/mol. The third-order valence-corrected chi connectivity index (χ3v) is 12.9. The van der Waals surface area contributed by atoms with E-state index in [-0.39, 0.29) is 0 Å². The molecule has 0 bridgehead atoms. The summed E-state index contributed by atoms with van der Waals surface area (Å²) in [4.78, 5) is 2.40. The molecule has 0 amide bonds. The Morgan fingerprint density at radius 3 is 1.84 bits per heavy atom. The minimum Gasteiger partial charge on any atom is -0.456 e. The van der Waals surface area contributed by atoms with Crippen LogP contribution in [-0.2, 0) is 0 Å². The molecule has 4 heteroatoms. The molecule has 0 aliphatic carbocycles. The van der Waals surface area contributed by atoms with Crippen molar-refractivity contribution >= 4 is 92.3 Å². The summed E-state index contributed by atoms with van der Waals surface area (Å²) in [6.45, 7) is 0. The van der Waals surface area contributed by atoms with Crippen LogP contribution in [0.2, 0.25) is 0 Å². The van der Waals surface area contributed by atoms with Gasteiger partial charge in [0.1, 0.15) is 11.2 Å². The van der Waals surface area contributed by atoms with Crippen molar-refractivity contribution in [3.63, 3.8) is 0 Å². The van der Waals surface area contributed by atoms with Gasteiger partial charge in [0, 0.05) is 60.1 Å². The van der Waals surface area contributed by atoms with Gasteiger partial charge < -0.3 is 13.9 Å². The summed E-state index contributed by atoms with van der Waals surface area (Å²) in [5.74, 6) is 0. The quantitative estimate of drug-likeness (QED) is 0.168. The molecule has 272 valence electrons. The zero-order valence-electron chi connectivity index (χ0n) is 31.3. The van der Waals surface area contributed by atoms with Crippen LogP contribution in [0, 0.1) is 0 Å². The summed E-state index contributed by atoms with van der Waals surface area (Å²) < 4.78 is 11.4. The van der Waals surface area contributed by atoms with Gasteiger partial charge in [0.15, 0.2) is 0 Å². The standard InChI is InChI=1S/C54H34N2OS/c1-3-13-36(14-4-1)41-19-11-20-46-47-21-12-23-49(54(47)58-53(41)46)55(40-30-32-45-44-18-8-10-24-51(44)57-52(45)34-40)39-28-25-35(26-29-39)37-27-31-43-42-17-7-9-22-48(42)56(50(43)33-37)38-15-5-2-6-16-38/h1-34H. The molecule has 12 rings (SSSR count). The van der Waals surface area contributed by atoms with Crippen LogP contribution in [0.3, 0.4) is 0 Å². The van der Waals surface area contributed by atoms with E-state index >= 15 is 0 Å². The summed E-state index contributed by atoms with van der Waals surface area (Å²) in [5.41, 5.74) is 13.4. The smallest absolute Gasteiger partial charge is 0.137 e. The molecule has 0 atom stereocenters. The van der Waals surface area contributed by atoms with Crippen molar-refractivity contribution in [1.29, 1.82) is 0 Å². The Morgan fingerprint density at radius 1 is 0.379 bits per heavy atom. The first-order valence-electron chi connectivity index (χ1n) is 19.7. The van der Waals surface area contributed by atoms with Gasteiger partial charge in [-0.05, 0) is 82.9 Å². The molecule has 0 saturated carbocycles. The van der Waals surface area contributed by atoms with E-state index < -0.39 is 0 Å². The van der Waals surface area contributed by atoms with E-state index in [0.29, 0.717) is 0 Å². The predicted octanol–water partition coefficient (Wildman–Crippen LogP) is 15.9. The van der Waals surface area contributed by atoms with E-state index in [1.54, 1.807) is 0 Å². The number of anilines is 3. The molecule has 0 N–H and O–H groups in total. The maximum absolute atomic E-state index is 6.46. The van der Waals surface area contributed by atoms with E-state index in [1.807, 2.05) is 23.5 Å². The number of para-hydroxylation sites is 3. The minimum absolute atomic E-state index is 0.873. The second-order valence-corrected chi connectivity index (χ2v) is 15.9. The fourth-order valence-electron chi connectivity index (χ4n) is 8.92. The number of nitrogens with zero attached hydrogens (tertiary/aromatic N) is 2. The molecule has 3 heterocycles. The van der Waals surface area contributed by atoms with Crippen LogP contribution in [0.5, 0.6) is 0 Å². The molecule has 58 heavy (non-hydrogen) atoms. The molecule has 0 aliphatic rings. The van der Waals surface area contributed by atoms with Crippen LogP contribution in [0.1, 0.15) is 0 Å². The Hall–Kier alpha value is -7.40. The maximum Gasteiger partial charge on any atom is 0.137 e. The molecule has 3 aromatic heterocycles. The third-order valence-electron chi connectivity index (χ3n) is 11.6. The zero-order chi connectivity index (χ0) is 38.2. The maximum atomic E-state index is 6.46. The molecule has 3 nitrogen and oxygen atoms in total. The lowest BCUT2D eigenvalue weighted by Gasteiger charge is -2.26. The van der Waals surface area contributed by atoms with Gasteiger partial charge in [-0.2, -0.15) is 0 Å².